The van der Waals surface area contributed by atoms with Crippen molar-refractivity contribution in [3.8, 4) is 0 Å². The fourth-order valence-electron chi connectivity index (χ4n) is 3.79. The molecule has 1 saturated heterocycles. The Morgan fingerprint density at radius 3 is 2.33 bits per heavy atom. The maximum Gasteiger partial charge on any atom is 0.166 e. The summed E-state index contributed by atoms with van der Waals surface area (Å²) in [6.07, 6.45) is 0.966. The molecule has 3 N–H and O–H groups in total. The molecule has 0 spiro atoms. The zero-order valence-corrected chi connectivity index (χ0v) is 16.8. The van der Waals surface area contributed by atoms with Gasteiger partial charge in [-0.3, -0.25) is 0 Å². The lowest BCUT2D eigenvalue weighted by Gasteiger charge is -2.35. The molecule has 27 heavy (non-hydrogen) atoms. The van der Waals surface area contributed by atoms with Crippen LogP contribution < -0.4 is 15.5 Å². The number of benzene rings is 2. The molecular weight excluding hydrogens is 354 g/mol. The van der Waals surface area contributed by atoms with E-state index in [4.69, 9.17) is 17.0 Å². The Balaban J connectivity index is 1.56. The SMILES string of the molecule is C[C@H](NC(=S)NCCc1ccccc1)[C@@H](c1ccccc1)[NH+]1CCOCC1. The van der Waals surface area contributed by atoms with Crippen molar-refractivity contribution in [2.75, 3.05) is 32.8 Å². The second-order valence-electron chi connectivity index (χ2n) is 7.08. The zero-order valence-electron chi connectivity index (χ0n) is 16.0. The second-order valence-corrected chi connectivity index (χ2v) is 7.49. The van der Waals surface area contributed by atoms with Gasteiger partial charge in [-0.15, -0.1) is 0 Å². The van der Waals surface area contributed by atoms with E-state index in [9.17, 15) is 0 Å². The van der Waals surface area contributed by atoms with Gasteiger partial charge in [-0.1, -0.05) is 60.7 Å². The third-order valence-corrected chi connectivity index (χ3v) is 5.40. The van der Waals surface area contributed by atoms with Crippen molar-refractivity contribution in [1.29, 1.82) is 0 Å². The van der Waals surface area contributed by atoms with Crippen molar-refractivity contribution in [3.05, 3.63) is 71.8 Å². The standard InChI is InChI=1S/C22H29N3OS/c1-18(24-22(27)23-13-12-19-8-4-2-5-9-19)21(20-10-6-3-7-11-20)25-14-16-26-17-15-25/h2-11,18,21H,12-17H2,1H3,(H2,23,24,27)/p+1/t18-,21-/m0/s1. The Labute approximate surface area is 167 Å². The quantitative estimate of drug-likeness (QED) is 0.636. The van der Waals surface area contributed by atoms with E-state index >= 15 is 0 Å². The zero-order chi connectivity index (χ0) is 18.9. The molecule has 1 fully saturated rings. The lowest BCUT2D eigenvalue weighted by atomic mass is 9.98. The Morgan fingerprint density at radius 2 is 1.67 bits per heavy atom. The van der Waals surface area contributed by atoms with Crippen LogP contribution in [0.15, 0.2) is 60.7 Å². The number of thiocarbonyl (C=S) groups is 1. The summed E-state index contributed by atoms with van der Waals surface area (Å²) in [6, 6.07) is 21.8. The van der Waals surface area contributed by atoms with E-state index in [2.05, 4.69) is 72.2 Å². The summed E-state index contributed by atoms with van der Waals surface area (Å²) in [7, 11) is 0. The van der Waals surface area contributed by atoms with Crippen LogP contribution in [0.1, 0.15) is 24.1 Å². The van der Waals surface area contributed by atoms with E-state index in [1.165, 1.54) is 11.1 Å². The largest absolute Gasteiger partial charge is 0.370 e. The van der Waals surface area contributed by atoms with Gasteiger partial charge in [-0.05, 0) is 31.1 Å². The first-order chi connectivity index (χ1) is 13.2. The van der Waals surface area contributed by atoms with Crippen molar-refractivity contribution in [2.45, 2.75) is 25.4 Å². The second kappa shape index (κ2) is 10.4. The van der Waals surface area contributed by atoms with Gasteiger partial charge < -0.3 is 20.3 Å². The predicted octanol–water partition coefficient (Wildman–Crippen LogP) is 1.74. The van der Waals surface area contributed by atoms with Crippen LogP contribution in [-0.2, 0) is 11.2 Å². The maximum absolute atomic E-state index is 5.56. The molecule has 0 aliphatic carbocycles. The molecule has 0 radical (unpaired) electrons. The normalized spacial score (nSPS) is 17.1. The van der Waals surface area contributed by atoms with Crippen LogP contribution in [0, 0.1) is 0 Å². The van der Waals surface area contributed by atoms with Gasteiger partial charge >= 0.3 is 0 Å². The highest BCUT2D eigenvalue weighted by atomic mass is 32.1. The van der Waals surface area contributed by atoms with Gasteiger partial charge in [-0.2, -0.15) is 0 Å². The number of ether oxygens (including phenoxy) is 1. The lowest BCUT2D eigenvalue weighted by Crippen LogP contribution is -3.15. The molecule has 0 unspecified atom stereocenters. The third kappa shape index (κ3) is 6.03. The fraction of sp³-hybridized carbons (Fsp3) is 0.409. The number of rotatable bonds is 7. The molecule has 0 bridgehead atoms. The topological polar surface area (TPSA) is 37.7 Å². The van der Waals surface area contributed by atoms with E-state index < -0.39 is 0 Å². The van der Waals surface area contributed by atoms with Crippen LogP contribution in [0.25, 0.3) is 0 Å². The summed E-state index contributed by atoms with van der Waals surface area (Å²) in [4.78, 5) is 1.56. The van der Waals surface area contributed by atoms with Gasteiger partial charge in [0.2, 0.25) is 0 Å². The Hall–Kier alpha value is -1.95. The smallest absolute Gasteiger partial charge is 0.166 e. The van der Waals surface area contributed by atoms with E-state index in [1.54, 1.807) is 4.90 Å². The number of hydrogen-bond acceptors (Lipinski definition) is 2. The molecule has 1 aliphatic heterocycles. The van der Waals surface area contributed by atoms with Crippen molar-refractivity contribution in [2.24, 2.45) is 0 Å². The van der Waals surface area contributed by atoms with Crippen LogP contribution >= 0.6 is 12.2 Å². The van der Waals surface area contributed by atoms with Crippen molar-refractivity contribution in [3.63, 3.8) is 0 Å². The van der Waals surface area contributed by atoms with Gasteiger partial charge in [-0.25, -0.2) is 0 Å². The first kappa shape index (κ1) is 19.8. The van der Waals surface area contributed by atoms with E-state index in [1.807, 2.05) is 6.07 Å². The molecule has 2 aromatic rings. The van der Waals surface area contributed by atoms with Gasteiger partial charge in [0.05, 0.1) is 19.3 Å². The fourth-order valence-corrected chi connectivity index (χ4v) is 4.08. The predicted molar refractivity (Wildman–Crippen MR) is 114 cm³/mol. The minimum Gasteiger partial charge on any atom is -0.370 e. The Morgan fingerprint density at radius 1 is 1.04 bits per heavy atom. The average Bonchev–Trinajstić information content (AvgIpc) is 2.70. The number of hydrogen-bond donors (Lipinski definition) is 3. The highest BCUT2D eigenvalue weighted by Crippen LogP contribution is 2.14. The average molecular weight is 385 g/mol. The molecule has 2 atom stereocenters. The molecular formula is C22H30N3OS+. The number of morpholine rings is 1. The molecule has 5 heteroatoms. The summed E-state index contributed by atoms with van der Waals surface area (Å²) in [5.41, 5.74) is 2.67. The third-order valence-electron chi connectivity index (χ3n) is 5.13. The van der Waals surface area contributed by atoms with Gasteiger partial charge in [0, 0.05) is 12.1 Å². The van der Waals surface area contributed by atoms with Crippen LogP contribution in [-0.4, -0.2) is 44.0 Å². The molecule has 0 saturated carbocycles. The van der Waals surface area contributed by atoms with Crippen LogP contribution in [0.4, 0.5) is 0 Å². The highest BCUT2D eigenvalue weighted by molar-refractivity contribution is 7.80. The molecule has 1 aliphatic rings. The summed E-state index contributed by atoms with van der Waals surface area (Å²) in [5, 5.41) is 7.61. The Bertz CT molecular complexity index is 689. The van der Waals surface area contributed by atoms with Gasteiger partial charge in [0.15, 0.2) is 5.11 Å². The monoisotopic (exact) mass is 384 g/mol. The number of nitrogens with one attached hydrogen (secondary N) is 3. The summed E-state index contributed by atoms with van der Waals surface area (Å²) < 4.78 is 5.56. The van der Waals surface area contributed by atoms with Crippen LogP contribution in [0.5, 0.6) is 0 Å². The lowest BCUT2D eigenvalue weighted by molar-refractivity contribution is -0.940. The molecule has 0 amide bonds. The molecule has 2 aromatic carbocycles. The Kier molecular flexibility index (Phi) is 7.63. The van der Waals surface area contributed by atoms with Crippen molar-refractivity contribution in [1.82, 2.24) is 10.6 Å². The highest BCUT2D eigenvalue weighted by Gasteiger charge is 2.31. The first-order valence-electron chi connectivity index (χ1n) is 9.79. The summed E-state index contributed by atoms with van der Waals surface area (Å²) in [6.45, 7) is 6.77. The van der Waals surface area contributed by atoms with Crippen molar-refractivity contribution < 1.29 is 9.64 Å². The molecule has 0 aromatic heterocycles. The molecule has 3 rings (SSSR count). The van der Waals surface area contributed by atoms with E-state index in [0.717, 1.165) is 44.4 Å². The summed E-state index contributed by atoms with van der Waals surface area (Å²) in [5.74, 6) is 0. The van der Waals surface area contributed by atoms with Crippen LogP contribution in [0.2, 0.25) is 0 Å². The molecule has 4 nitrogen and oxygen atoms in total. The maximum atomic E-state index is 5.56. The van der Waals surface area contributed by atoms with Crippen molar-refractivity contribution >= 4 is 17.3 Å². The van der Waals surface area contributed by atoms with Crippen LogP contribution in [0.3, 0.4) is 0 Å². The minimum atomic E-state index is 0.234. The van der Waals surface area contributed by atoms with E-state index in [0.29, 0.717) is 6.04 Å². The molecule has 1 heterocycles. The van der Waals surface area contributed by atoms with Gasteiger partial charge in [0.25, 0.3) is 0 Å². The number of quaternary nitrogens is 1. The van der Waals surface area contributed by atoms with E-state index in [-0.39, 0.29) is 6.04 Å². The van der Waals surface area contributed by atoms with Gasteiger partial charge in [0.1, 0.15) is 19.1 Å². The summed E-state index contributed by atoms with van der Waals surface area (Å²) >= 11 is 5.56. The minimum absolute atomic E-state index is 0.234. The first-order valence-corrected chi connectivity index (χ1v) is 10.2. The molecule has 144 valence electrons.